The Bertz CT molecular complexity index is 1200. The van der Waals surface area contributed by atoms with E-state index in [9.17, 15) is 5.21 Å². The highest BCUT2D eigenvalue weighted by Crippen LogP contribution is 2.37. The van der Waals surface area contributed by atoms with Crippen molar-refractivity contribution in [2.24, 2.45) is 0 Å². The van der Waals surface area contributed by atoms with Crippen molar-refractivity contribution in [2.45, 2.75) is 12.8 Å². The summed E-state index contributed by atoms with van der Waals surface area (Å²) < 4.78 is 12.8. The molecule has 0 radical (unpaired) electrons. The molecule has 4 aromatic rings. The molecule has 0 aliphatic carbocycles. The lowest BCUT2D eigenvalue weighted by atomic mass is 10.1. The van der Waals surface area contributed by atoms with Crippen LogP contribution in [0.3, 0.4) is 0 Å². The van der Waals surface area contributed by atoms with E-state index in [1.54, 1.807) is 19.6 Å². The zero-order valence-electron chi connectivity index (χ0n) is 17.3. The molecule has 0 amide bonds. The first-order valence-corrected chi connectivity index (χ1v) is 10.2. The molecule has 0 unspecified atom stereocenters. The summed E-state index contributed by atoms with van der Waals surface area (Å²) in [6.45, 7) is 3.81. The maximum Gasteiger partial charge on any atom is 0.163 e. The zero-order chi connectivity index (χ0) is 20.5. The second-order valence-corrected chi connectivity index (χ2v) is 7.54. The maximum atomic E-state index is 10.3. The molecule has 0 saturated carbocycles. The van der Waals surface area contributed by atoms with Gasteiger partial charge in [-0.2, -0.15) is 4.73 Å². The molecule has 0 atom stereocenters. The summed E-state index contributed by atoms with van der Waals surface area (Å²) in [5.74, 6) is 1.33. The van der Waals surface area contributed by atoms with Crippen molar-refractivity contribution in [3.63, 3.8) is 0 Å². The van der Waals surface area contributed by atoms with Gasteiger partial charge < -0.3 is 14.7 Å². The summed E-state index contributed by atoms with van der Waals surface area (Å²) in [5, 5.41) is 12.0. The minimum absolute atomic E-state index is 0. The molecule has 0 bridgehead atoms. The smallest absolute Gasteiger partial charge is 0.163 e. The number of methoxy groups -OCH3 is 1. The van der Waals surface area contributed by atoms with E-state index in [-0.39, 0.29) is 12.4 Å². The van der Waals surface area contributed by atoms with Crippen LogP contribution in [0.5, 0.6) is 11.5 Å². The molecular formula is C23H25ClN4O3. The normalized spacial score (nSPS) is 14.1. The third-order valence-electron chi connectivity index (χ3n) is 5.73. The Hall–Kier alpha value is -3.03. The maximum absolute atomic E-state index is 10.3. The van der Waals surface area contributed by atoms with E-state index in [1.807, 2.05) is 36.4 Å². The van der Waals surface area contributed by atoms with Crippen LogP contribution < -0.4 is 9.47 Å². The van der Waals surface area contributed by atoms with Gasteiger partial charge in [0.2, 0.25) is 0 Å². The van der Waals surface area contributed by atoms with E-state index in [0.29, 0.717) is 18.1 Å². The van der Waals surface area contributed by atoms with Gasteiger partial charge in [0.05, 0.1) is 30.0 Å². The van der Waals surface area contributed by atoms with Gasteiger partial charge in [-0.15, -0.1) is 12.4 Å². The second kappa shape index (κ2) is 8.99. The molecule has 1 saturated heterocycles. The largest absolute Gasteiger partial charge is 0.493 e. The summed E-state index contributed by atoms with van der Waals surface area (Å²) in [6.07, 6.45) is 5.76. The molecule has 1 aliphatic rings. The Morgan fingerprint density at radius 2 is 1.84 bits per heavy atom. The van der Waals surface area contributed by atoms with Gasteiger partial charge in [-0.05, 0) is 38.1 Å². The van der Waals surface area contributed by atoms with Gasteiger partial charge >= 0.3 is 0 Å². The minimum atomic E-state index is 0. The predicted octanol–water partition coefficient (Wildman–Crippen LogP) is 4.39. The van der Waals surface area contributed by atoms with E-state index in [0.717, 1.165) is 57.4 Å². The van der Waals surface area contributed by atoms with Gasteiger partial charge in [-0.25, -0.2) is 9.97 Å². The number of benzene rings is 2. The van der Waals surface area contributed by atoms with Crippen LogP contribution in [0.15, 0.2) is 48.9 Å². The number of hydrogen-bond donors (Lipinski definition) is 1. The van der Waals surface area contributed by atoms with Crippen molar-refractivity contribution in [1.29, 1.82) is 0 Å². The number of fused-ring (bicyclic) bond motifs is 2. The highest BCUT2D eigenvalue weighted by atomic mass is 35.5. The van der Waals surface area contributed by atoms with E-state index in [2.05, 4.69) is 14.9 Å². The molecular weight excluding hydrogens is 416 g/mol. The first-order chi connectivity index (χ1) is 14.7. The SMILES string of the molecule is COc1cc2c(-c3cn(O)c4ccccc34)ncnc2cc1OCCN1CCCC1.Cl. The van der Waals surface area contributed by atoms with Gasteiger partial charge in [0.1, 0.15) is 12.9 Å². The van der Waals surface area contributed by atoms with Crippen LogP contribution in [0.25, 0.3) is 33.1 Å². The number of aromatic nitrogens is 3. The molecule has 5 rings (SSSR count). The van der Waals surface area contributed by atoms with Crippen molar-refractivity contribution in [2.75, 3.05) is 33.4 Å². The number of nitrogens with zero attached hydrogens (tertiary/aromatic N) is 4. The quantitative estimate of drug-likeness (QED) is 0.448. The Balaban J connectivity index is 0.00000231. The lowest BCUT2D eigenvalue weighted by molar-refractivity contribution is 0.200. The van der Waals surface area contributed by atoms with Crippen molar-refractivity contribution < 1.29 is 14.7 Å². The molecule has 162 valence electrons. The number of hydrogen-bond acceptors (Lipinski definition) is 6. The molecule has 2 aromatic carbocycles. The van der Waals surface area contributed by atoms with Crippen LogP contribution in [0.4, 0.5) is 0 Å². The molecule has 1 aliphatic heterocycles. The van der Waals surface area contributed by atoms with Crippen molar-refractivity contribution in [1.82, 2.24) is 19.6 Å². The number of ether oxygens (including phenoxy) is 2. The van der Waals surface area contributed by atoms with Crippen molar-refractivity contribution in [3.05, 3.63) is 48.9 Å². The third kappa shape index (κ3) is 3.98. The van der Waals surface area contributed by atoms with Crippen LogP contribution >= 0.6 is 12.4 Å². The summed E-state index contributed by atoms with van der Waals surface area (Å²) in [5.41, 5.74) is 3.08. The molecule has 1 fully saturated rings. The summed E-state index contributed by atoms with van der Waals surface area (Å²) in [4.78, 5) is 11.4. The molecule has 8 heteroatoms. The van der Waals surface area contributed by atoms with E-state index in [4.69, 9.17) is 9.47 Å². The van der Waals surface area contributed by atoms with E-state index in [1.165, 1.54) is 12.8 Å². The van der Waals surface area contributed by atoms with Crippen LogP contribution in [-0.4, -0.2) is 58.2 Å². The van der Waals surface area contributed by atoms with Crippen LogP contribution in [0.1, 0.15) is 12.8 Å². The summed E-state index contributed by atoms with van der Waals surface area (Å²) >= 11 is 0. The van der Waals surface area contributed by atoms with Gasteiger partial charge in [-0.3, -0.25) is 4.90 Å². The molecule has 31 heavy (non-hydrogen) atoms. The standard InChI is InChI=1S/C23H24N4O3.ClH/c1-29-21-12-17-19(13-22(21)30-11-10-26-8-4-5-9-26)24-15-25-23(17)18-14-27(28)20-7-3-2-6-16(18)20;/h2-3,6-7,12-15,28H,4-5,8-11H2,1H3;1H. The lowest BCUT2D eigenvalue weighted by Gasteiger charge is -2.17. The van der Waals surface area contributed by atoms with Crippen LogP contribution in [0, 0.1) is 0 Å². The first kappa shape index (κ1) is 21.2. The topological polar surface area (TPSA) is 72.6 Å². The number of halogens is 1. The highest BCUT2D eigenvalue weighted by molar-refractivity contribution is 6.03. The number of likely N-dealkylation sites (tertiary alicyclic amines) is 1. The van der Waals surface area contributed by atoms with Crippen LogP contribution in [-0.2, 0) is 0 Å². The molecule has 0 spiro atoms. The summed E-state index contributed by atoms with van der Waals surface area (Å²) in [6, 6.07) is 11.5. The molecule has 3 heterocycles. The Labute approximate surface area is 186 Å². The van der Waals surface area contributed by atoms with Gasteiger partial charge in [0, 0.05) is 28.9 Å². The Morgan fingerprint density at radius 1 is 1.03 bits per heavy atom. The zero-order valence-corrected chi connectivity index (χ0v) is 18.1. The van der Waals surface area contributed by atoms with Crippen molar-refractivity contribution in [3.8, 4) is 22.8 Å². The molecule has 7 nitrogen and oxygen atoms in total. The Morgan fingerprint density at radius 3 is 2.65 bits per heavy atom. The third-order valence-corrected chi connectivity index (χ3v) is 5.73. The summed E-state index contributed by atoms with van der Waals surface area (Å²) in [7, 11) is 1.64. The molecule has 1 N–H and O–H groups in total. The average molecular weight is 441 g/mol. The fourth-order valence-electron chi connectivity index (χ4n) is 4.19. The monoisotopic (exact) mass is 440 g/mol. The number of para-hydroxylation sites is 1. The fourth-order valence-corrected chi connectivity index (χ4v) is 4.19. The van der Waals surface area contributed by atoms with E-state index >= 15 is 0 Å². The first-order valence-electron chi connectivity index (χ1n) is 10.2. The Kier molecular flexibility index (Phi) is 6.15. The predicted molar refractivity (Wildman–Crippen MR) is 123 cm³/mol. The van der Waals surface area contributed by atoms with Gasteiger partial charge in [0.25, 0.3) is 0 Å². The van der Waals surface area contributed by atoms with Crippen LogP contribution in [0.2, 0.25) is 0 Å². The lowest BCUT2D eigenvalue weighted by Crippen LogP contribution is -2.25. The van der Waals surface area contributed by atoms with Gasteiger partial charge in [0.15, 0.2) is 11.5 Å². The van der Waals surface area contributed by atoms with E-state index < -0.39 is 0 Å². The minimum Gasteiger partial charge on any atom is -0.493 e. The highest BCUT2D eigenvalue weighted by Gasteiger charge is 2.17. The molecule has 2 aromatic heterocycles. The average Bonchev–Trinajstić information content (AvgIpc) is 3.41. The fraction of sp³-hybridized carbons (Fsp3) is 0.304. The second-order valence-electron chi connectivity index (χ2n) is 7.54. The van der Waals surface area contributed by atoms with Gasteiger partial charge in [-0.1, -0.05) is 18.2 Å². The van der Waals surface area contributed by atoms with Crippen molar-refractivity contribution >= 4 is 34.2 Å². The number of rotatable bonds is 6.